The number of aryl methyl sites for hydroxylation is 1. The van der Waals surface area contributed by atoms with Crippen LogP contribution in [0.3, 0.4) is 0 Å². The number of fused-ring (bicyclic) bond motifs is 2. The molecule has 0 aliphatic carbocycles. The number of nitrogens with zero attached hydrogens (tertiary/aromatic N) is 1. The molecule has 37 heavy (non-hydrogen) atoms. The van der Waals surface area contributed by atoms with Crippen molar-refractivity contribution in [3.05, 3.63) is 112 Å². The maximum absolute atomic E-state index is 13.0. The molecular formula is C29H21BrN2O5. The fourth-order valence-electron chi connectivity index (χ4n) is 4.33. The van der Waals surface area contributed by atoms with Gasteiger partial charge in [0.25, 0.3) is 0 Å². The van der Waals surface area contributed by atoms with Crippen molar-refractivity contribution in [3.8, 4) is 23.3 Å². The second-order valence-corrected chi connectivity index (χ2v) is 9.30. The zero-order valence-electron chi connectivity index (χ0n) is 19.8. The molecule has 8 heteroatoms. The Labute approximate surface area is 221 Å². The minimum absolute atomic E-state index is 0.0143. The summed E-state index contributed by atoms with van der Waals surface area (Å²) in [6.07, 6.45) is 1.66. The van der Waals surface area contributed by atoms with Gasteiger partial charge in [-0.05, 0) is 48.9 Å². The third-order valence-electron chi connectivity index (χ3n) is 6.05. The molecule has 0 saturated carbocycles. The van der Waals surface area contributed by atoms with Gasteiger partial charge in [0.15, 0.2) is 0 Å². The highest BCUT2D eigenvalue weighted by Crippen LogP contribution is 2.44. The first-order chi connectivity index (χ1) is 17.9. The number of rotatable bonds is 6. The van der Waals surface area contributed by atoms with Gasteiger partial charge in [0.05, 0.1) is 5.92 Å². The molecule has 0 fully saturated rings. The van der Waals surface area contributed by atoms with Gasteiger partial charge in [0, 0.05) is 27.1 Å². The van der Waals surface area contributed by atoms with E-state index in [1.165, 1.54) is 0 Å². The van der Waals surface area contributed by atoms with Gasteiger partial charge < -0.3 is 24.4 Å². The van der Waals surface area contributed by atoms with Gasteiger partial charge in [0.1, 0.15) is 41.1 Å². The van der Waals surface area contributed by atoms with Crippen molar-refractivity contribution in [2.75, 3.05) is 6.61 Å². The zero-order chi connectivity index (χ0) is 26.1. The summed E-state index contributed by atoms with van der Waals surface area (Å²) in [6, 6.07) is 20.1. The SMILES string of the molecule is C=CCOc1cccc(C2C(C#N)=C(N)Oc3cc(OC(=O)c4oc5cc(Br)ccc5c4C)ccc32)c1. The Hall–Kier alpha value is -4.48. The average Bonchev–Trinajstić information content (AvgIpc) is 3.22. The summed E-state index contributed by atoms with van der Waals surface area (Å²) in [6.45, 7) is 5.83. The van der Waals surface area contributed by atoms with Crippen molar-refractivity contribution >= 4 is 32.9 Å². The van der Waals surface area contributed by atoms with Gasteiger partial charge in [0.2, 0.25) is 11.6 Å². The third kappa shape index (κ3) is 4.57. The number of furan rings is 1. The van der Waals surface area contributed by atoms with Gasteiger partial charge in [-0.1, -0.05) is 46.8 Å². The van der Waals surface area contributed by atoms with Crippen LogP contribution in [0.15, 0.2) is 93.7 Å². The van der Waals surface area contributed by atoms with Crippen LogP contribution in [0.25, 0.3) is 11.0 Å². The van der Waals surface area contributed by atoms with Crippen LogP contribution in [0.2, 0.25) is 0 Å². The molecule has 2 heterocycles. The first-order valence-corrected chi connectivity index (χ1v) is 12.1. The Balaban J connectivity index is 1.47. The summed E-state index contributed by atoms with van der Waals surface area (Å²) in [5.41, 5.74) is 9.19. The van der Waals surface area contributed by atoms with E-state index in [9.17, 15) is 10.1 Å². The normalized spacial score (nSPS) is 14.5. The van der Waals surface area contributed by atoms with Crippen molar-refractivity contribution in [3.63, 3.8) is 0 Å². The number of nitrogens with two attached hydrogens (primary N) is 1. The number of carbonyl (C=O) groups excluding carboxylic acids is 1. The minimum Gasteiger partial charge on any atom is -0.490 e. The van der Waals surface area contributed by atoms with E-state index in [0.717, 1.165) is 15.4 Å². The molecule has 7 nitrogen and oxygen atoms in total. The van der Waals surface area contributed by atoms with Crippen LogP contribution >= 0.6 is 15.9 Å². The molecule has 0 amide bonds. The van der Waals surface area contributed by atoms with Crippen LogP contribution in [0.5, 0.6) is 17.2 Å². The van der Waals surface area contributed by atoms with Crippen molar-refractivity contribution in [2.24, 2.45) is 5.73 Å². The molecule has 1 aromatic heterocycles. The van der Waals surface area contributed by atoms with Crippen molar-refractivity contribution in [1.82, 2.24) is 0 Å². The number of nitriles is 1. The molecule has 2 N–H and O–H groups in total. The van der Waals surface area contributed by atoms with Gasteiger partial charge in [-0.2, -0.15) is 5.26 Å². The summed E-state index contributed by atoms with van der Waals surface area (Å²) in [5.74, 6) is 0.258. The summed E-state index contributed by atoms with van der Waals surface area (Å²) < 4.78 is 23.7. The molecule has 1 unspecified atom stereocenters. The number of carbonyl (C=O) groups is 1. The molecule has 1 aliphatic rings. The van der Waals surface area contributed by atoms with Gasteiger partial charge in [-0.25, -0.2) is 4.79 Å². The Morgan fingerprint density at radius 2 is 2.03 bits per heavy atom. The molecule has 3 aromatic carbocycles. The van der Waals surface area contributed by atoms with Gasteiger partial charge in [-0.3, -0.25) is 0 Å². The topological polar surface area (TPSA) is 108 Å². The molecule has 0 bridgehead atoms. The quantitative estimate of drug-likeness (QED) is 0.164. The Morgan fingerprint density at radius 1 is 1.19 bits per heavy atom. The van der Waals surface area contributed by atoms with E-state index in [1.54, 1.807) is 37.3 Å². The number of allylic oxidation sites excluding steroid dienone is 1. The molecule has 5 rings (SSSR count). The average molecular weight is 557 g/mol. The van der Waals surface area contributed by atoms with E-state index in [0.29, 0.717) is 34.8 Å². The standard InChI is InChI=1S/C29H21BrN2O5/c1-3-11-34-19-6-4-5-17(12-19)26-22-10-8-20(14-25(22)37-28(32)23(26)15-31)35-29(33)27-16(2)21-9-7-18(30)13-24(21)36-27/h3-10,12-14,26H,1,11,32H2,2H3. The Kier molecular flexibility index (Phi) is 6.47. The second kappa shape index (κ2) is 9.88. The Bertz CT molecular complexity index is 1630. The van der Waals surface area contributed by atoms with E-state index in [-0.39, 0.29) is 23.0 Å². The summed E-state index contributed by atoms with van der Waals surface area (Å²) in [4.78, 5) is 13.0. The molecule has 0 saturated heterocycles. The lowest BCUT2D eigenvalue weighted by molar-refractivity contribution is 0.0702. The van der Waals surface area contributed by atoms with E-state index < -0.39 is 11.9 Å². The predicted molar refractivity (Wildman–Crippen MR) is 141 cm³/mol. The van der Waals surface area contributed by atoms with E-state index in [4.69, 9.17) is 24.4 Å². The van der Waals surface area contributed by atoms with Gasteiger partial charge >= 0.3 is 5.97 Å². The van der Waals surface area contributed by atoms with Crippen LogP contribution in [-0.4, -0.2) is 12.6 Å². The minimum atomic E-state index is -0.634. The van der Waals surface area contributed by atoms with Crippen LogP contribution in [0.1, 0.15) is 33.2 Å². The molecule has 4 aromatic rings. The highest BCUT2D eigenvalue weighted by molar-refractivity contribution is 9.10. The van der Waals surface area contributed by atoms with Crippen molar-refractivity contribution in [2.45, 2.75) is 12.8 Å². The first-order valence-electron chi connectivity index (χ1n) is 11.4. The second-order valence-electron chi connectivity index (χ2n) is 8.38. The predicted octanol–water partition coefficient (Wildman–Crippen LogP) is 6.51. The molecular weight excluding hydrogens is 536 g/mol. The Morgan fingerprint density at radius 3 is 2.81 bits per heavy atom. The molecule has 1 aliphatic heterocycles. The van der Waals surface area contributed by atoms with Crippen molar-refractivity contribution in [1.29, 1.82) is 5.26 Å². The number of benzene rings is 3. The maximum Gasteiger partial charge on any atom is 0.379 e. The number of hydrogen-bond acceptors (Lipinski definition) is 7. The lowest BCUT2D eigenvalue weighted by Gasteiger charge is -2.27. The van der Waals surface area contributed by atoms with Crippen LogP contribution in [0.4, 0.5) is 0 Å². The lowest BCUT2D eigenvalue weighted by atomic mass is 9.83. The highest BCUT2D eigenvalue weighted by atomic mass is 79.9. The lowest BCUT2D eigenvalue weighted by Crippen LogP contribution is -2.21. The molecule has 184 valence electrons. The molecule has 0 radical (unpaired) electrons. The summed E-state index contributed by atoms with van der Waals surface area (Å²) in [7, 11) is 0. The number of ether oxygens (including phenoxy) is 3. The molecule has 0 spiro atoms. The van der Waals surface area contributed by atoms with Crippen LogP contribution in [-0.2, 0) is 0 Å². The smallest absolute Gasteiger partial charge is 0.379 e. The van der Waals surface area contributed by atoms with Gasteiger partial charge in [-0.15, -0.1) is 0 Å². The first kappa shape index (κ1) is 24.2. The monoisotopic (exact) mass is 556 g/mol. The number of esters is 1. The zero-order valence-corrected chi connectivity index (χ0v) is 21.4. The van der Waals surface area contributed by atoms with E-state index >= 15 is 0 Å². The largest absolute Gasteiger partial charge is 0.490 e. The fraction of sp³-hybridized carbons (Fsp3) is 0.103. The highest BCUT2D eigenvalue weighted by Gasteiger charge is 2.31. The van der Waals surface area contributed by atoms with E-state index in [1.807, 2.05) is 36.4 Å². The van der Waals surface area contributed by atoms with Crippen molar-refractivity contribution < 1.29 is 23.4 Å². The van der Waals surface area contributed by atoms with E-state index in [2.05, 4.69) is 28.6 Å². The number of hydrogen-bond donors (Lipinski definition) is 1. The summed E-state index contributed by atoms with van der Waals surface area (Å²) >= 11 is 3.41. The molecule has 1 atom stereocenters. The summed E-state index contributed by atoms with van der Waals surface area (Å²) in [5, 5.41) is 10.7. The third-order valence-corrected chi connectivity index (χ3v) is 6.54. The van der Waals surface area contributed by atoms with Crippen LogP contribution in [0, 0.1) is 18.3 Å². The number of halogens is 1. The fourth-order valence-corrected chi connectivity index (χ4v) is 4.67. The maximum atomic E-state index is 13.0. The van der Waals surface area contributed by atoms with Crippen LogP contribution < -0.4 is 19.9 Å².